The van der Waals surface area contributed by atoms with Crippen molar-refractivity contribution in [2.24, 2.45) is 0 Å². The maximum atomic E-state index is 6.07. The number of aryl methyl sites for hydroxylation is 1. The predicted octanol–water partition coefficient (Wildman–Crippen LogP) is 1.52. The molecular formula is C10H12ClN5O. The Hall–Kier alpha value is -1.82. The molecule has 2 aromatic heterocycles. The first-order valence-corrected chi connectivity index (χ1v) is 5.31. The number of anilines is 1. The summed E-state index contributed by atoms with van der Waals surface area (Å²) in [6.07, 6.45) is 0. The van der Waals surface area contributed by atoms with E-state index in [2.05, 4.69) is 15.1 Å². The second-order valence-electron chi connectivity index (χ2n) is 3.52. The third kappa shape index (κ3) is 2.03. The van der Waals surface area contributed by atoms with Gasteiger partial charge in [0.15, 0.2) is 5.82 Å². The summed E-state index contributed by atoms with van der Waals surface area (Å²) >= 11 is 6.07. The Bertz CT molecular complexity index is 566. The minimum absolute atomic E-state index is 0.128. The van der Waals surface area contributed by atoms with Gasteiger partial charge < -0.3 is 10.5 Å². The molecule has 2 heterocycles. The van der Waals surface area contributed by atoms with E-state index in [1.165, 1.54) is 7.11 Å². The van der Waals surface area contributed by atoms with E-state index < -0.39 is 0 Å². The highest BCUT2D eigenvalue weighted by molar-refractivity contribution is 6.31. The molecule has 17 heavy (non-hydrogen) atoms. The van der Waals surface area contributed by atoms with Crippen LogP contribution in [0.1, 0.15) is 11.4 Å². The molecule has 0 unspecified atom stereocenters. The fourth-order valence-electron chi connectivity index (χ4n) is 1.49. The molecule has 0 spiro atoms. The number of nitrogens with two attached hydrogens (primary N) is 1. The van der Waals surface area contributed by atoms with Gasteiger partial charge in [0.25, 0.3) is 0 Å². The SMILES string of the molecule is COc1cc(-n2nc(C)c(Cl)c2C)nc(N)n1. The van der Waals surface area contributed by atoms with Crippen LogP contribution in [-0.4, -0.2) is 26.9 Å². The maximum absolute atomic E-state index is 6.07. The summed E-state index contributed by atoms with van der Waals surface area (Å²) in [5, 5.41) is 4.89. The molecule has 7 heteroatoms. The lowest BCUT2D eigenvalue weighted by atomic mass is 10.4. The van der Waals surface area contributed by atoms with Crippen molar-refractivity contribution in [2.75, 3.05) is 12.8 Å². The highest BCUT2D eigenvalue weighted by Crippen LogP contribution is 2.23. The number of nitrogen functional groups attached to an aromatic ring is 1. The number of ether oxygens (including phenoxy) is 1. The van der Waals surface area contributed by atoms with Crippen molar-refractivity contribution in [1.29, 1.82) is 0 Å². The molecule has 2 rings (SSSR count). The van der Waals surface area contributed by atoms with Crippen molar-refractivity contribution in [3.63, 3.8) is 0 Å². The molecule has 0 aliphatic rings. The molecule has 0 aliphatic carbocycles. The van der Waals surface area contributed by atoms with Crippen LogP contribution in [0.5, 0.6) is 5.88 Å². The predicted molar refractivity (Wildman–Crippen MR) is 64.6 cm³/mol. The molecule has 2 N–H and O–H groups in total. The summed E-state index contributed by atoms with van der Waals surface area (Å²) in [6.45, 7) is 3.68. The van der Waals surface area contributed by atoms with E-state index in [0.717, 1.165) is 11.4 Å². The molecule has 0 aliphatic heterocycles. The normalized spacial score (nSPS) is 10.6. The van der Waals surface area contributed by atoms with Crippen molar-refractivity contribution in [3.05, 3.63) is 22.5 Å². The number of methoxy groups -OCH3 is 1. The van der Waals surface area contributed by atoms with Crippen LogP contribution in [-0.2, 0) is 0 Å². The largest absolute Gasteiger partial charge is 0.481 e. The van der Waals surface area contributed by atoms with Gasteiger partial charge >= 0.3 is 0 Å². The topological polar surface area (TPSA) is 78.8 Å². The van der Waals surface area contributed by atoms with Gasteiger partial charge in [-0.05, 0) is 13.8 Å². The van der Waals surface area contributed by atoms with Crippen molar-refractivity contribution in [2.45, 2.75) is 13.8 Å². The minimum Gasteiger partial charge on any atom is -0.481 e. The van der Waals surface area contributed by atoms with Gasteiger partial charge in [-0.15, -0.1) is 0 Å². The minimum atomic E-state index is 0.128. The zero-order chi connectivity index (χ0) is 12.6. The van der Waals surface area contributed by atoms with Crippen LogP contribution >= 0.6 is 11.6 Å². The fourth-order valence-corrected chi connectivity index (χ4v) is 1.61. The molecule has 6 nitrogen and oxygen atoms in total. The number of rotatable bonds is 2. The average Bonchev–Trinajstić information content (AvgIpc) is 2.56. The third-order valence-electron chi connectivity index (χ3n) is 2.34. The molecular weight excluding hydrogens is 242 g/mol. The summed E-state index contributed by atoms with van der Waals surface area (Å²) in [5.41, 5.74) is 7.12. The van der Waals surface area contributed by atoms with Gasteiger partial charge in [-0.25, -0.2) is 4.68 Å². The van der Waals surface area contributed by atoms with E-state index in [-0.39, 0.29) is 5.95 Å². The zero-order valence-corrected chi connectivity index (χ0v) is 10.5. The first-order chi connectivity index (χ1) is 8.02. The molecule has 0 atom stereocenters. The van der Waals surface area contributed by atoms with E-state index in [4.69, 9.17) is 22.1 Å². The Morgan fingerprint density at radius 2 is 2.06 bits per heavy atom. The quantitative estimate of drug-likeness (QED) is 0.878. The second kappa shape index (κ2) is 4.21. The average molecular weight is 254 g/mol. The van der Waals surface area contributed by atoms with Gasteiger partial charge in [-0.2, -0.15) is 15.1 Å². The lowest BCUT2D eigenvalue weighted by molar-refractivity contribution is 0.397. The van der Waals surface area contributed by atoms with Crippen molar-refractivity contribution in [1.82, 2.24) is 19.7 Å². The Balaban J connectivity index is 2.59. The first kappa shape index (κ1) is 11.7. The lowest BCUT2D eigenvalue weighted by Crippen LogP contribution is -2.06. The molecule has 2 aromatic rings. The van der Waals surface area contributed by atoms with Gasteiger partial charge in [0.1, 0.15) is 0 Å². The monoisotopic (exact) mass is 253 g/mol. The van der Waals surface area contributed by atoms with E-state index in [9.17, 15) is 0 Å². The molecule has 0 saturated carbocycles. The lowest BCUT2D eigenvalue weighted by Gasteiger charge is -2.06. The Kier molecular flexibility index (Phi) is 2.89. The van der Waals surface area contributed by atoms with Crippen LogP contribution in [0.25, 0.3) is 5.82 Å². The number of halogens is 1. The molecule has 90 valence electrons. The Morgan fingerprint density at radius 3 is 2.59 bits per heavy atom. The van der Waals surface area contributed by atoms with E-state index in [0.29, 0.717) is 16.7 Å². The van der Waals surface area contributed by atoms with Gasteiger partial charge in [0.05, 0.1) is 23.5 Å². The van der Waals surface area contributed by atoms with E-state index >= 15 is 0 Å². The van der Waals surface area contributed by atoms with Crippen LogP contribution in [0.4, 0.5) is 5.95 Å². The molecule has 0 saturated heterocycles. The second-order valence-corrected chi connectivity index (χ2v) is 3.90. The molecule has 0 radical (unpaired) electrons. The highest BCUT2D eigenvalue weighted by Gasteiger charge is 2.13. The standard InChI is InChI=1S/C10H12ClN5O/c1-5-9(11)6(2)16(15-5)7-4-8(17-3)14-10(12)13-7/h4H,1-3H3,(H2,12,13,14). The Labute approximate surface area is 103 Å². The van der Waals surface area contributed by atoms with E-state index in [1.807, 2.05) is 13.8 Å². The summed E-state index contributed by atoms with van der Waals surface area (Å²) in [7, 11) is 1.51. The zero-order valence-electron chi connectivity index (χ0n) is 9.73. The van der Waals surface area contributed by atoms with Gasteiger partial charge in [0.2, 0.25) is 11.8 Å². The van der Waals surface area contributed by atoms with Crippen LogP contribution in [0.3, 0.4) is 0 Å². The maximum Gasteiger partial charge on any atom is 0.225 e. The third-order valence-corrected chi connectivity index (χ3v) is 2.88. The van der Waals surface area contributed by atoms with Crippen molar-refractivity contribution >= 4 is 17.5 Å². The molecule has 0 aromatic carbocycles. The van der Waals surface area contributed by atoms with Crippen molar-refractivity contribution in [3.8, 4) is 11.7 Å². The number of hydrogen-bond acceptors (Lipinski definition) is 5. The van der Waals surface area contributed by atoms with E-state index in [1.54, 1.807) is 10.7 Å². The molecule has 0 fully saturated rings. The smallest absolute Gasteiger partial charge is 0.225 e. The van der Waals surface area contributed by atoms with Crippen molar-refractivity contribution < 1.29 is 4.74 Å². The fraction of sp³-hybridized carbons (Fsp3) is 0.300. The van der Waals surface area contributed by atoms with Crippen LogP contribution in [0.2, 0.25) is 5.02 Å². The van der Waals surface area contributed by atoms with Crippen LogP contribution in [0, 0.1) is 13.8 Å². The van der Waals surface area contributed by atoms with Gasteiger partial charge in [0, 0.05) is 6.07 Å². The summed E-state index contributed by atoms with van der Waals surface area (Å²) < 4.78 is 6.64. The van der Waals surface area contributed by atoms with Gasteiger partial charge in [-0.1, -0.05) is 11.6 Å². The molecule has 0 amide bonds. The highest BCUT2D eigenvalue weighted by atomic mass is 35.5. The van der Waals surface area contributed by atoms with Crippen LogP contribution in [0.15, 0.2) is 6.07 Å². The van der Waals surface area contributed by atoms with Gasteiger partial charge in [-0.3, -0.25) is 0 Å². The number of nitrogens with zero attached hydrogens (tertiary/aromatic N) is 4. The number of aromatic nitrogens is 4. The molecule has 0 bridgehead atoms. The van der Waals surface area contributed by atoms with Crippen LogP contribution < -0.4 is 10.5 Å². The summed E-state index contributed by atoms with van der Waals surface area (Å²) in [5.74, 6) is 1.04. The number of hydrogen-bond donors (Lipinski definition) is 1. The Morgan fingerprint density at radius 1 is 1.35 bits per heavy atom. The first-order valence-electron chi connectivity index (χ1n) is 4.93. The summed E-state index contributed by atoms with van der Waals surface area (Å²) in [6, 6.07) is 1.64. The summed E-state index contributed by atoms with van der Waals surface area (Å²) in [4.78, 5) is 8.00.